The van der Waals surface area contributed by atoms with E-state index in [0.717, 1.165) is 0 Å². The fourth-order valence-corrected chi connectivity index (χ4v) is 0.937. The first-order valence-electron chi connectivity index (χ1n) is 4.19. The average molecular weight is 258 g/mol. The van der Waals surface area contributed by atoms with E-state index in [4.69, 9.17) is 0 Å². The first-order valence-corrected chi connectivity index (χ1v) is 4.19. The van der Waals surface area contributed by atoms with E-state index in [-0.39, 0.29) is 6.92 Å². The van der Waals surface area contributed by atoms with Gasteiger partial charge < -0.3 is 0 Å². The second kappa shape index (κ2) is 4.03. The van der Waals surface area contributed by atoms with Crippen LogP contribution in [-0.2, 0) is 0 Å². The van der Waals surface area contributed by atoms with Crippen LogP contribution in [0, 0.1) is 0 Å². The maximum absolute atomic E-state index is 13.1. The first-order chi connectivity index (χ1) is 6.81. The van der Waals surface area contributed by atoms with E-state index in [2.05, 4.69) is 0 Å². The Kier molecular flexibility index (Phi) is 3.89. The molecule has 8 heteroatoms. The highest BCUT2D eigenvalue weighted by Crippen LogP contribution is 2.52. The number of alkyl halides is 8. The molecule has 1 unspecified atom stereocenters. The third kappa shape index (κ3) is 2.24. The van der Waals surface area contributed by atoms with Gasteiger partial charge in [-0.05, 0) is 6.92 Å². The van der Waals surface area contributed by atoms with E-state index in [1.165, 1.54) is 0 Å². The Balaban J connectivity index is 5.34. The molecule has 0 amide bonds. The van der Waals surface area contributed by atoms with Gasteiger partial charge in [-0.2, -0.15) is 26.3 Å². The first kappa shape index (κ1) is 15.4. The lowest BCUT2D eigenvalue weighted by molar-refractivity contribution is -0.337. The van der Waals surface area contributed by atoms with Crippen molar-refractivity contribution in [1.82, 2.24) is 0 Å². The van der Waals surface area contributed by atoms with E-state index in [1.807, 2.05) is 0 Å². The Hall–Kier alpha value is -0.560. The molecule has 0 aliphatic rings. The second-order valence-corrected chi connectivity index (χ2v) is 3.67. The summed E-state index contributed by atoms with van der Waals surface area (Å²) in [7, 11) is 0. The molecule has 0 aliphatic carbocycles. The average Bonchev–Trinajstić information content (AvgIpc) is 2.01. The Labute approximate surface area is 86.6 Å². The van der Waals surface area contributed by atoms with Gasteiger partial charge in [0.1, 0.15) is 0 Å². The summed E-state index contributed by atoms with van der Waals surface area (Å²) >= 11 is 0. The van der Waals surface area contributed by atoms with Gasteiger partial charge in [0, 0.05) is 13.3 Å². The summed E-state index contributed by atoms with van der Waals surface area (Å²) in [6.07, 6.45) is -1.59. The standard InChI is InChI=1S/C8H10F8/c1-5(10,3-4-9)7(13,14)8(15,16)6(2,11)12/h3-4H2,1-2H3. The third-order valence-electron chi connectivity index (χ3n) is 2.16. The van der Waals surface area contributed by atoms with Crippen LogP contribution in [0.2, 0.25) is 0 Å². The molecule has 0 saturated heterocycles. The lowest BCUT2D eigenvalue weighted by Gasteiger charge is -2.37. The molecule has 0 aliphatic heterocycles. The van der Waals surface area contributed by atoms with Crippen LogP contribution in [0.5, 0.6) is 0 Å². The van der Waals surface area contributed by atoms with Gasteiger partial charge >= 0.3 is 17.8 Å². The molecule has 0 aromatic rings. The van der Waals surface area contributed by atoms with E-state index in [0.29, 0.717) is 0 Å². The highest BCUT2D eigenvalue weighted by Gasteiger charge is 2.76. The molecule has 0 nitrogen and oxygen atoms in total. The Morgan fingerprint density at radius 2 is 1.12 bits per heavy atom. The minimum absolute atomic E-state index is 0.0355. The SMILES string of the molecule is CC(F)(F)C(F)(F)C(F)(F)C(C)(F)CCF. The van der Waals surface area contributed by atoms with Gasteiger partial charge in [0.05, 0.1) is 6.67 Å². The molecule has 0 radical (unpaired) electrons. The molecule has 0 rings (SSSR count). The number of hydrogen-bond donors (Lipinski definition) is 0. The molecule has 0 fully saturated rings. The van der Waals surface area contributed by atoms with Crippen molar-refractivity contribution in [2.45, 2.75) is 43.7 Å². The van der Waals surface area contributed by atoms with E-state index < -0.39 is 43.5 Å². The molecular formula is C8H10F8. The summed E-state index contributed by atoms with van der Waals surface area (Å²) < 4.78 is 100. The largest absolute Gasteiger partial charge is 0.374 e. The van der Waals surface area contributed by atoms with Gasteiger partial charge in [-0.1, -0.05) is 0 Å². The van der Waals surface area contributed by atoms with Gasteiger partial charge in [0.2, 0.25) is 0 Å². The zero-order valence-electron chi connectivity index (χ0n) is 8.44. The van der Waals surface area contributed by atoms with Crippen molar-refractivity contribution in [3.05, 3.63) is 0 Å². The molecule has 0 saturated carbocycles. The van der Waals surface area contributed by atoms with Crippen molar-refractivity contribution < 1.29 is 35.1 Å². The number of rotatable bonds is 5. The van der Waals surface area contributed by atoms with Gasteiger partial charge in [-0.3, -0.25) is 4.39 Å². The van der Waals surface area contributed by atoms with Crippen LogP contribution in [0.3, 0.4) is 0 Å². The number of hydrogen-bond acceptors (Lipinski definition) is 0. The van der Waals surface area contributed by atoms with Crippen molar-refractivity contribution in [2.75, 3.05) is 6.67 Å². The van der Waals surface area contributed by atoms with Gasteiger partial charge in [0.25, 0.3) is 0 Å². The van der Waals surface area contributed by atoms with Crippen LogP contribution in [0.15, 0.2) is 0 Å². The number of halogens is 8. The molecule has 0 heterocycles. The fourth-order valence-electron chi connectivity index (χ4n) is 0.937. The summed E-state index contributed by atoms with van der Waals surface area (Å²) in [6, 6.07) is 0. The zero-order chi connectivity index (χ0) is 13.4. The fraction of sp³-hybridized carbons (Fsp3) is 1.00. The second-order valence-electron chi connectivity index (χ2n) is 3.67. The van der Waals surface area contributed by atoms with Crippen molar-refractivity contribution in [1.29, 1.82) is 0 Å². The predicted octanol–water partition coefficient (Wildman–Crippen LogP) is 4.00. The van der Waals surface area contributed by atoms with Crippen LogP contribution in [0.1, 0.15) is 20.3 Å². The molecule has 1 atom stereocenters. The van der Waals surface area contributed by atoms with Gasteiger partial charge in [0.15, 0.2) is 5.67 Å². The normalized spacial score (nSPS) is 18.4. The lowest BCUT2D eigenvalue weighted by atomic mass is 9.89. The summed E-state index contributed by atoms with van der Waals surface area (Å²) in [5, 5.41) is 0. The minimum Gasteiger partial charge on any atom is -0.251 e. The zero-order valence-corrected chi connectivity index (χ0v) is 8.44. The van der Waals surface area contributed by atoms with Crippen molar-refractivity contribution in [2.24, 2.45) is 0 Å². The molecule has 0 aromatic heterocycles. The van der Waals surface area contributed by atoms with Gasteiger partial charge in [-0.25, -0.2) is 4.39 Å². The van der Waals surface area contributed by atoms with Gasteiger partial charge in [-0.15, -0.1) is 0 Å². The highest BCUT2D eigenvalue weighted by molar-refractivity contribution is 5.04. The van der Waals surface area contributed by atoms with Crippen LogP contribution in [-0.4, -0.2) is 30.1 Å². The molecular weight excluding hydrogens is 248 g/mol. The topological polar surface area (TPSA) is 0 Å². The smallest absolute Gasteiger partial charge is 0.251 e. The Bertz CT molecular complexity index is 239. The lowest BCUT2D eigenvalue weighted by Crippen LogP contribution is -2.61. The third-order valence-corrected chi connectivity index (χ3v) is 2.16. The Morgan fingerprint density at radius 1 is 0.750 bits per heavy atom. The maximum atomic E-state index is 13.1. The van der Waals surface area contributed by atoms with Crippen LogP contribution in [0.4, 0.5) is 35.1 Å². The quantitative estimate of drug-likeness (QED) is 0.654. The molecule has 16 heavy (non-hydrogen) atoms. The summed E-state index contributed by atoms with van der Waals surface area (Å²) in [5.74, 6) is -16.7. The molecule has 0 bridgehead atoms. The van der Waals surface area contributed by atoms with Crippen LogP contribution < -0.4 is 0 Å². The minimum atomic E-state index is -5.89. The van der Waals surface area contributed by atoms with E-state index in [1.54, 1.807) is 0 Å². The van der Waals surface area contributed by atoms with Crippen molar-refractivity contribution >= 4 is 0 Å². The summed E-state index contributed by atoms with van der Waals surface area (Å²) in [5.41, 5.74) is -4.05. The van der Waals surface area contributed by atoms with E-state index in [9.17, 15) is 35.1 Å². The highest BCUT2D eigenvalue weighted by atomic mass is 19.3. The van der Waals surface area contributed by atoms with Crippen LogP contribution >= 0.6 is 0 Å². The van der Waals surface area contributed by atoms with E-state index >= 15 is 0 Å². The predicted molar refractivity (Wildman–Crippen MR) is 40.6 cm³/mol. The molecule has 0 N–H and O–H groups in total. The maximum Gasteiger partial charge on any atom is 0.374 e. The van der Waals surface area contributed by atoms with Crippen molar-refractivity contribution in [3.8, 4) is 0 Å². The summed E-state index contributed by atoms with van der Waals surface area (Å²) in [6.45, 7) is -2.15. The molecule has 0 spiro atoms. The van der Waals surface area contributed by atoms with Crippen molar-refractivity contribution in [3.63, 3.8) is 0 Å². The van der Waals surface area contributed by atoms with Crippen LogP contribution in [0.25, 0.3) is 0 Å². The molecule has 0 aromatic carbocycles. The molecule has 98 valence electrons. The Morgan fingerprint density at radius 3 is 1.38 bits per heavy atom. The monoisotopic (exact) mass is 258 g/mol. The summed E-state index contributed by atoms with van der Waals surface area (Å²) in [4.78, 5) is 0.